The first-order chi connectivity index (χ1) is 13.6. The molecule has 1 aliphatic rings. The lowest BCUT2D eigenvalue weighted by Gasteiger charge is -2.17. The van der Waals surface area contributed by atoms with Gasteiger partial charge >= 0.3 is 0 Å². The summed E-state index contributed by atoms with van der Waals surface area (Å²) in [4.78, 5) is 14.6. The lowest BCUT2D eigenvalue weighted by atomic mass is 9.89. The summed E-state index contributed by atoms with van der Waals surface area (Å²) in [5.41, 5.74) is 8.26. The molecule has 0 bridgehead atoms. The van der Waals surface area contributed by atoms with Crippen LogP contribution in [0.25, 0.3) is 0 Å². The van der Waals surface area contributed by atoms with E-state index in [1.54, 1.807) is 14.2 Å². The maximum absolute atomic E-state index is 12.4. The minimum absolute atomic E-state index is 0.0132. The Morgan fingerprint density at radius 2 is 1.86 bits per heavy atom. The Balaban J connectivity index is 1.54. The zero-order valence-electron chi connectivity index (χ0n) is 16.6. The SMILES string of the molecule is COc1ccc(CNC(=O)CN2C[C@@H](CN)[C@H](c3ccccc3)C2)cc1OC. The van der Waals surface area contributed by atoms with Crippen molar-refractivity contribution in [3.63, 3.8) is 0 Å². The second kappa shape index (κ2) is 9.57. The van der Waals surface area contributed by atoms with Crippen molar-refractivity contribution >= 4 is 5.91 Å². The zero-order chi connectivity index (χ0) is 19.9. The van der Waals surface area contributed by atoms with Crippen molar-refractivity contribution in [2.24, 2.45) is 11.7 Å². The molecule has 6 heteroatoms. The Kier molecular flexibility index (Phi) is 6.90. The number of nitrogens with two attached hydrogens (primary N) is 1. The molecule has 0 saturated carbocycles. The average molecular weight is 383 g/mol. The first kappa shape index (κ1) is 20.2. The molecule has 28 heavy (non-hydrogen) atoms. The fraction of sp³-hybridized carbons (Fsp3) is 0.409. The summed E-state index contributed by atoms with van der Waals surface area (Å²) in [6.07, 6.45) is 0. The highest BCUT2D eigenvalue weighted by Crippen LogP contribution is 2.31. The zero-order valence-corrected chi connectivity index (χ0v) is 16.6. The van der Waals surface area contributed by atoms with Crippen LogP contribution in [-0.4, -0.2) is 51.2 Å². The molecule has 0 aliphatic carbocycles. The smallest absolute Gasteiger partial charge is 0.234 e. The predicted octanol–water partition coefficient (Wildman–Crippen LogP) is 1.99. The fourth-order valence-electron chi connectivity index (χ4n) is 3.86. The Morgan fingerprint density at radius 1 is 1.11 bits per heavy atom. The lowest BCUT2D eigenvalue weighted by molar-refractivity contribution is -0.122. The number of hydrogen-bond acceptors (Lipinski definition) is 5. The molecule has 2 aromatic carbocycles. The summed E-state index contributed by atoms with van der Waals surface area (Å²) in [5.74, 6) is 2.10. The van der Waals surface area contributed by atoms with Crippen LogP contribution >= 0.6 is 0 Å². The van der Waals surface area contributed by atoms with Gasteiger partial charge < -0.3 is 20.5 Å². The summed E-state index contributed by atoms with van der Waals surface area (Å²) in [5, 5.41) is 2.99. The number of methoxy groups -OCH3 is 2. The molecule has 1 amide bonds. The molecule has 0 aromatic heterocycles. The highest BCUT2D eigenvalue weighted by Gasteiger charge is 2.33. The maximum Gasteiger partial charge on any atom is 0.234 e. The highest BCUT2D eigenvalue weighted by molar-refractivity contribution is 5.78. The van der Waals surface area contributed by atoms with Crippen LogP contribution in [0.2, 0.25) is 0 Å². The van der Waals surface area contributed by atoms with E-state index < -0.39 is 0 Å². The molecule has 3 rings (SSSR count). The van der Waals surface area contributed by atoms with E-state index in [2.05, 4.69) is 34.5 Å². The molecule has 2 atom stereocenters. The van der Waals surface area contributed by atoms with Crippen molar-refractivity contribution in [1.82, 2.24) is 10.2 Å². The number of carbonyl (C=O) groups excluding carboxylic acids is 1. The van der Waals surface area contributed by atoms with Crippen molar-refractivity contribution in [3.05, 3.63) is 59.7 Å². The molecule has 1 heterocycles. The molecule has 0 spiro atoms. The molecule has 1 fully saturated rings. The van der Waals surface area contributed by atoms with Gasteiger partial charge in [-0.1, -0.05) is 36.4 Å². The third-order valence-corrected chi connectivity index (χ3v) is 5.35. The van der Waals surface area contributed by atoms with Gasteiger partial charge in [-0.3, -0.25) is 9.69 Å². The van der Waals surface area contributed by atoms with Crippen molar-refractivity contribution in [2.75, 3.05) is 40.4 Å². The average Bonchev–Trinajstić information content (AvgIpc) is 3.15. The van der Waals surface area contributed by atoms with Crippen LogP contribution in [0.5, 0.6) is 11.5 Å². The Morgan fingerprint density at radius 3 is 2.54 bits per heavy atom. The topological polar surface area (TPSA) is 76.8 Å². The predicted molar refractivity (Wildman–Crippen MR) is 110 cm³/mol. The van der Waals surface area contributed by atoms with Gasteiger partial charge in [-0.05, 0) is 35.7 Å². The number of rotatable bonds is 8. The van der Waals surface area contributed by atoms with Gasteiger partial charge in [0.05, 0.1) is 20.8 Å². The lowest BCUT2D eigenvalue weighted by Crippen LogP contribution is -2.36. The van der Waals surface area contributed by atoms with E-state index in [1.165, 1.54) is 5.56 Å². The Bertz CT molecular complexity index is 782. The minimum atomic E-state index is 0.0132. The van der Waals surface area contributed by atoms with Crippen LogP contribution in [-0.2, 0) is 11.3 Å². The molecular weight excluding hydrogens is 354 g/mol. The number of nitrogens with zero attached hydrogens (tertiary/aromatic N) is 1. The molecule has 0 unspecified atom stereocenters. The second-order valence-corrected chi connectivity index (χ2v) is 7.17. The standard InChI is InChI=1S/C22H29N3O3/c1-27-20-9-8-16(10-21(20)28-2)12-24-22(26)15-25-13-18(11-23)19(14-25)17-6-4-3-5-7-17/h3-10,18-19H,11-15,23H2,1-2H3,(H,24,26)/t18-,19+/m1/s1. The van der Waals surface area contributed by atoms with Crippen molar-refractivity contribution in [2.45, 2.75) is 12.5 Å². The van der Waals surface area contributed by atoms with Crippen LogP contribution in [0, 0.1) is 5.92 Å². The maximum atomic E-state index is 12.4. The van der Waals surface area contributed by atoms with Crippen LogP contribution in [0.3, 0.4) is 0 Å². The highest BCUT2D eigenvalue weighted by atomic mass is 16.5. The van der Waals surface area contributed by atoms with E-state index in [1.807, 2.05) is 24.3 Å². The number of benzene rings is 2. The monoisotopic (exact) mass is 383 g/mol. The van der Waals surface area contributed by atoms with Crippen molar-refractivity contribution in [1.29, 1.82) is 0 Å². The van der Waals surface area contributed by atoms with Gasteiger partial charge in [0, 0.05) is 25.6 Å². The van der Waals surface area contributed by atoms with Crippen LogP contribution in [0.15, 0.2) is 48.5 Å². The van der Waals surface area contributed by atoms with Gasteiger partial charge in [-0.25, -0.2) is 0 Å². The number of amides is 1. The van der Waals surface area contributed by atoms with Gasteiger partial charge in [-0.15, -0.1) is 0 Å². The summed E-state index contributed by atoms with van der Waals surface area (Å²) >= 11 is 0. The van der Waals surface area contributed by atoms with Crippen LogP contribution in [0.4, 0.5) is 0 Å². The minimum Gasteiger partial charge on any atom is -0.493 e. The first-order valence-corrected chi connectivity index (χ1v) is 9.59. The molecule has 2 aromatic rings. The van der Waals surface area contributed by atoms with E-state index >= 15 is 0 Å². The van der Waals surface area contributed by atoms with E-state index in [0.29, 0.717) is 43.0 Å². The van der Waals surface area contributed by atoms with E-state index in [0.717, 1.165) is 18.7 Å². The Hall–Kier alpha value is -2.57. The third kappa shape index (κ3) is 4.82. The second-order valence-electron chi connectivity index (χ2n) is 7.17. The molecule has 150 valence electrons. The largest absolute Gasteiger partial charge is 0.493 e. The van der Waals surface area contributed by atoms with Gasteiger partial charge in [0.1, 0.15) is 0 Å². The van der Waals surface area contributed by atoms with Gasteiger partial charge in [0.2, 0.25) is 5.91 Å². The number of likely N-dealkylation sites (tertiary alicyclic amines) is 1. The van der Waals surface area contributed by atoms with Gasteiger partial charge in [-0.2, -0.15) is 0 Å². The summed E-state index contributed by atoms with van der Waals surface area (Å²) < 4.78 is 10.6. The molecular formula is C22H29N3O3. The van der Waals surface area contributed by atoms with Gasteiger partial charge in [0.25, 0.3) is 0 Å². The van der Waals surface area contributed by atoms with Crippen molar-refractivity contribution in [3.8, 4) is 11.5 Å². The molecule has 0 radical (unpaired) electrons. The van der Waals surface area contributed by atoms with E-state index in [9.17, 15) is 4.79 Å². The molecule has 3 N–H and O–H groups in total. The molecule has 6 nitrogen and oxygen atoms in total. The fourth-order valence-corrected chi connectivity index (χ4v) is 3.86. The number of ether oxygens (including phenoxy) is 2. The van der Waals surface area contributed by atoms with Crippen LogP contribution < -0.4 is 20.5 Å². The number of nitrogens with one attached hydrogen (secondary N) is 1. The molecule has 1 saturated heterocycles. The van der Waals surface area contributed by atoms with E-state index in [4.69, 9.17) is 15.2 Å². The summed E-state index contributed by atoms with van der Waals surface area (Å²) in [7, 11) is 3.21. The third-order valence-electron chi connectivity index (χ3n) is 5.35. The number of hydrogen-bond donors (Lipinski definition) is 2. The van der Waals surface area contributed by atoms with Crippen LogP contribution in [0.1, 0.15) is 17.0 Å². The first-order valence-electron chi connectivity index (χ1n) is 9.59. The van der Waals surface area contributed by atoms with Crippen molar-refractivity contribution < 1.29 is 14.3 Å². The number of carbonyl (C=O) groups is 1. The summed E-state index contributed by atoms with van der Waals surface area (Å²) in [6, 6.07) is 16.1. The molecule has 1 aliphatic heterocycles. The van der Waals surface area contributed by atoms with Gasteiger partial charge in [0.15, 0.2) is 11.5 Å². The summed E-state index contributed by atoms with van der Waals surface area (Å²) in [6.45, 7) is 3.17. The normalized spacial score (nSPS) is 19.4. The quantitative estimate of drug-likeness (QED) is 0.729. The van der Waals surface area contributed by atoms with E-state index in [-0.39, 0.29) is 5.91 Å². The Labute approximate surface area is 166 Å².